The molecule has 0 bridgehead atoms. The second-order valence-corrected chi connectivity index (χ2v) is 7.61. The number of nitrogens with zero attached hydrogens (tertiary/aromatic N) is 1. The molecule has 1 heterocycles. The summed E-state index contributed by atoms with van der Waals surface area (Å²) in [5.74, 6) is -0.328. The zero-order valence-electron chi connectivity index (χ0n) is 15.4. The van der Waals surface area contributed by atoms with Gasteiger partial charge in [-0.15, -0.1) is 0 Å². The molecule has 3 amide bonds. The third-order valence-corrected chi connectivity index (χ3v) is 5.94. The average molecular weight is 342 g/mol. The molecule has 2 unspecified atom stereocenters. The summed E-state index contributed by atoms with van der Waals surface area (Å²) >= 11 is 0. The van der Waals surface area contributed by atoms with Gasteiger partial charge in [0.05, 0.1) is 6.54 Å². The lowest BCUT2D eigenvalue weighted by molar-refractivity contribution is -0.133. The first-order valence-electron chi connectivity index (χ1n) is 9.01. The molecule has 25 heavy (non-hydrogen) atoms. The molecule has 1 aromatic carbocycles. The standard InChI is InChI=1S/C20H26N2O3/c1-12-9-14(3)16(10-13(12)2)17(23)11-22-18(24)20(21-19(22)25)8-6-5-7-15(20)4/h9-10,15H,5-8,11H2,1-4H3,(H,21,25). The van der Waals surface area contributed by atoms with Gasteiger partial charge in [-0.2, -0.15) is 0 Å². The Bertz CT molecular complexity index is 756. The van der Waals surface area contributed by atoms with Gasteiger partial charge in [-0.3, -0.25) is 14.5 Å². The number of benzene rings is 1. The summed E-state index contributed by atoms with van der Waals surface area (Å²) in [5, 5.41) is 2.90. The zero-order valence-corrected chi connectivity index (χ0v) is 15.4. The minimum absolute atomic E-state index is 0.0983. The van der Waals surface area contributed by atoms with Crippen LogP contribution < -0.4 is 5.32 Å². The van der Waals surface area contributed by atoms with Gasteiger partial charge in [0.2, 0.25) is 0 Å². The first-order chi connectivity index (χ1) is 11.8. The van der Waals surface area contributed by atoms with E-state index in [1.807, 2.05) is 39.8 Å². The summed E-state index contributed by atoms with van der Waals surface area (Å²) < 4.78 is 0. The number of aryl methyl sites for hydroxylation is 3. The molecule has 134 valence electrons. The van der Waals surface area contributed by atoms with Crippen LogP contribution in [-0.2, 0) is 4.79 Å². The van der Waals surface area contributed by atoms with Crippen LogP contribution in [0.3, 0.4) is 0 Å². The number of carbonyl (C=O) groups is 3. The Kier molecular flexibility index (Phi) is 4.43. The smallest absolute Gasteiger partial charge is 0.323 e. The topological polar surface area (TPSA) is 66.5 Å². The van der Waals surface area contributed by atoms with Crippen LogP contribution in [0.2, 0.25) is 0 Å². The molecular weight excluding hydrogens is 316 g/mol. The molecule has 3 rings (SSSR count). The van der Waals surface area contributed by atoms with E-state index in [9.17, 15) is 14.4 Å². The number of amides is 3. The van der Waals surface area contributed by atoms with Gasteiger partial charge in [0.1, 0.15) is 5.54 Å². The Morgan fingerprint density at radius 3 is 2.52 bits per heavy atom. The fourth-order valence-corrected chi connectivity index (χ4v) is 4.13. The van der Waals surface area contributed by atoms with Crippen LogP contribution in [-0.4, -0.2) is 34.7 Å². The molecule has 0 radical (unpaired) electrons. The molecule has 2 fully saturated rings. The Balaban J connectivity index is 1.83. The third-order valence-electron chi connectivity index (χ3n) is 5.94. The van der Waals surface area contributed by atoms with Crippen LogP contribution in [0.5, 0.6) is 0 Å². The number of rotatable bonds is 3. The fraction of sp³-hybridized carbons (Fsp3) is 0.550. The summed E-state index contributed by atoms with van der Waals surface area (Å²) in [6, 6.07) is 3.39. The molecule has 1 spiro atoms. The quantitative estimate of drug-likeness (QED) is 0.677. The predicted octanol–water partition coefficient (Wildman–Crippen LogP) is 3.30. The van der Waals surface area contributed by atoms with E-state index in [2.05, 4.69) is 5.32 Å². The Labute approximate surface area is 148 Å². The first kappa shape index (κ1) is 17.6. The molecule has 5 nitrogen and oxygen atoms in total. The van der Waals surface area contributed by atoms with E-state index in [1.165, 1.54) is 0 Å². The maximum atomic E-state index is 13.0. The summed E-state index contributed by atoms with van der Waals surface area (Å²) in [5.41, 5.74) is 2.80. The summed E-state index contributed by atoms with van der Waals surface area (Å²) in [7, 11) is 0. The largest absolute Gasteiger partial charge is 0.325 e. The van der Waals surface area contributed by atoms with Gasteiger partial charge in [-0.05, 0) is 62.3 Å². The van der Waals surface area contributed by atoms with Crippen molar-refractivity contribution in [3.05, 3.63) is 34.4 Å². The van der Waals surface area contributed by atoms with Gasteiger partial charge in [-0.25, -0.2) is 4.79 Å². The highest BCUT2D eigenvalue weighted by atomic mass is 16.2. The van der Waals surface area contributed by atoms with Crippen LogP contribution in [0, 0.1) is 26.7 Å². The van der Waals surface area contributed by atoms with Crippen molar-refractivity contribution in [2.24, 2.45) is 5.92 Å². The van der Waals surface area contributed by atoms with E-state index < -0.39 is 11.6 Å². The molecule has 2 atom stereocenters. The van der Waals surface area contributed by atoms with Crippen molar-refractivity contribution in [1.29, 1.82) is 0 Å². The van der Waals surface area contributed by atoms with E-state index in [1.54, 1.807) is 0 Å². The maximum Gasteiger partial charge on any atom is 0.325 e. The first-order valence-corrected chi connectivity index (χ1v) is 9.01. The van der Waals surface area contributed by atoms with Crippen molar-refractivity contribution < 1.29 is 14.4 Å². The second-order valence-electron chi connectivity index (χ2n) is 7.61. The lowest BCUT2D eigenvalue weighted by Crippen LogP contribution is -2.54. The maximum absolute atomic E-state index is 13.0. The van der Waals surface area contributed by atoms with E-state index in [4.69, 9.17) is 0 Å². The summed E-state index contributed by atoms with van der Waals surface area (Å²) in [6.07, 6.45) is 3.58. The van der Waals surface area contributed by atoms with Crippen LogP contribution in [0.4, 0.5) is 4.79 Å². The van der Waals surface area contributed by atoms with Gasteiger partial charge in [0.25, 0.3) is 5.91 Å². The Morgan fingerprint density at radius 1 is 1.16 bits per heavy atom. The molecular formula is C20H26N2O3. The number of hydrogen-bond acceptors (Lipinski definition) is 3. The molecule has 1 aliphatic carbocycles. The molecule has 1 saturated carbocycles. The third kappa shape index (κ3) is 2.86. The lowest BCUT2D eigenvalue weighted by atomic mass is 9.73. The highest BCUT2D eigenvalue weighted by Crippen LogP contribution is 2.38. The van der Waals surface area contributed by atoms with Crippen LogP contribution in [0.15, 0.2) is 12.1 Å². The minimum Gasteiger partial charge on any atom is -0.323 e. The number of carbonyl (C=O) groups excluding carboxylic acids is 3. The molecule has 1 aromatic rings. The van der Waals surface area contributed by atoms with E-state index in [0.29, 0.717) is 12.0 Å². The van der Waals surface area contributed by atoms with Gasteiger partial charge in [0, 0.05) is 5.56 Å². The van der Waals surface area contributed by atoms with Crippen molar-refractivity contribution in [3.8, 4) is 0 Å². The minimum atomic E-state index is -0.812. The average Bonchev–Trinajstić information content (AvgIpc) is 2.79. The fourth-order valence-electron chi connectivity index (χ4n) is 4.13. The molecule has 2 aliphatic rings. The number of urea groups is 1. The number of Topliss-reactive ketones (excluding diaryl/α,β-unsaturated/α-hetero) is 1. The summed E-state index contributed by atoms with van der Waals surface area (Å²) in [6.45, 7) is 7.66. The zero-order chi connectivity index (χ0) is 18.4. The van der Waals surface area contributed by atoms with Crippen LogP contribution in [0.1, 0.15) is 59.7 Å². The summed E-state index contributed by atoms with van der Waals surface area (Å²) in [4.78, 5) is 39.2. The van der Waals surface area contributed by atoms with Gasteiger partial charge in [-0.1, -0.05) is 25.8 Å². The molecule has 1 N–H and O–H groups in total. The van der Waals surface area contributed by atoms with Gasteiger partial charge in [0.15, 0.2) is 5.78 Å². The normalized spacial score (nSPS) is 26.2. The molecule has 0 aromatic heterocycles. The highest BCUT2D eigenvalue weighted by molar-refractivity contribution is 6.11. The number of ketones is 1. The van der Waals surface area contributed by atoms with Crippen molar-refractivity contribution >= 4 is 17.7 Å². The van der Waals surface area contributed by atoms with Crippen LogP contribution >= 0.6 is 0 Å². The Hall–Kier alpha value is -2.17. The van der Waals surface area contributed by atoms with E-state index in [0.717, 1.165) is 40.9 Å². The van der Waals surface area contributed by atoms with E-state index in [-0.39, 0.29) is 24.2 Å². The predicted molar refractivity (Wildman–Crippen MR) is 95.6 cm³/mol. The number of imide groups is 1. The molecule has 1 aliphatic heterocycles. The van der Waals surface area contributed by atoms with E-state index >= 15 is 0 Å². The lowest BCUT2D eigenvalue weighted by Gasteiger charge is -2.36. The number of nitrogens with one attached hydrogen (secondary N) is 1. The number of hydrogen-bond donors (Lipinski definition) is 1. The second kappa shape index (κ2) is 6.28. The molecule has 5 heteroatoms. The van der Waals surface area contributed by atoms with Crippen molar-refractivity contribution in [1.82, 2.24) is 10.2 Å². The highest BCUT2D eigenvalue weighted by Gasteiger charge is 2.55. The van der Waals surface area contributed by atoms with Crippen molar-refractivity contribution in [2.75, 3.05) is 6.54 Å². The van der Waals surface area contributed by atoms with Crippen molar-refractivity contribution in [2.45, 2.75) is 58.9 Å². The monoisotopic (exact) mass is 342 g/mol. The van der Waals surface area contributed by atoms with Gasteiger partial charge < -0.3 is 5.32 Å². The van der Waals surface area contributed by atoms with Gasteiger partial charge >= 0.3 is 6.03 Å². The molecule has 1 saturated heterocycles. The van der Waals surface area contributed by atoms with Crippen LogP contribution in [0.25, 0.3) is 0 Å². The van der Waals surface area contributed by atoms with Crippen molar-refractivity contribution in [3.63, 3.8) is 0 Å². The SMILES string of the molecule is Cc1cc(C)c(C(=O)CN2C(=O)NC3(CCCCC3C)C2=O)cc1C. The Morgan fingerprint density at radius 2 is 1.84 bits per heavy atom.